The van der Waals surface area contributed by atoms with E-state index in [1.54, 1.807) is 24.3 Å². The number of sulfone groups is 2. The number of nitriles is 1. The maximum Gasteiger partial charge on any atom is 0.218 e. The monoisotopic (exact) mass is 362 g/mol. The summed E-state index contributed by atoms with van der Waals surface area (Å²) in [5.74, 6) is -0.758. The molecule has 0 aliphatic heterocycles. The first kappa shape index (κ1) is 17.7. The summed E-state index contributed by atoms with van der Waals surface area (Å²) in [7, 11) is -8.03. The van der Waals surface area contributed by atoms with E-state index in [2.05, 4.69) is 0 Å². The molecule has 0 aromatic heterocycles. The number of nitrogens with two attached hydrogens (primary N) is 1. The second-order valence-electron chi connectivity index (χ2n) is 4.85. The number of hydrogen-bond donors (Lipinski definition) is 1. The van der Waals surface area contributed by atoms with Crippen LogP contribution in [0, 0.1) is 11.3 Å². The summed E-state index contributed by atoms with van der Waals surface area (Å²) in [6.45, 7) is 0. The molecular formula is C16H14N2O4S2. The van der Waals surface area contributed by atoms with Gasteiger partial charge in [0, 0.05) is 0 Å². The summed E-state index contributed by atoms with van der Waals surface area (Å²) in [5, 5.41) is 9.20. The smallest absolute Gasteiger partial charge is 0.218 e. The topological polar surface area (TPSA) is 118 Å². The predicted molar refractivity (Wildman–Crippen MR) is 88.9 cm³/mol. The maximum atomic E-state index is 12.5. The molecule has 124 valence electrons. The van der Waals surface area contributed by atoms with Crippen LogP contribution in [0.25, 0.3) is 0 Å². The average Bonchev–Trinajstić information content (AvgIpc) is 2.56. The van der Waals surface area contributed by atoms with Crippen molar-refractivity contribution in [2.75, 3.05) is 5.75 Å². The van der Waals surface area contributed by atoms with Crippen LogP contribution in [-0.4, -0.2) is 22.6 Å². The fourth-order valence-corrected chi connectivity index (χ4v) is 4.68. The Labute approximate surface area is 140 Å². The van der Waals surface area contributed by atoms with Gasteiger partial charge in [-0.1, -0.05) is 36.4 Å². The lowest BCUT2D eigenvalue weighted by atomic mass is 10.4. The molecule has 0 saturated heterocycles. The lowest BCUT2D eigenvalue weighted by molar-refractivity contribution is 0.598. The van der Waals surface area contributed by atoms with Gasteiger partial charge in [-0.05, 0) is 24.3 Å². The van der Waals surface area contributed by atoms with Gasteiger partial charge in [0.15, 0.2) is 14.7 Å². The number of hydrogen-bond acceptors (Lipinski definition) is 6. The predicted octanol–water partition coefficient (Wildman–Crippen LogP) is 1.63. The van der Waals surface area contributed by atoms with Crippen LogP contribution in [0.15, 0.2) is 81.1 Å². The highest BCUT2D eigenvalue weighted by Crippen LogP contribution is 2.21. The largest absolute Gasteiger partial charge is 0.400 e. The molecule has 0 saturated carbocycles. The molecule has 0 radical (unpaired) electrons. The van der Waals surface area contributed by atoms with Crippen LogP contribution in [0.1, 0.15) is 0 Å². The van der Waals surface area contributed by atoms with Gasteiger partial charge in [-0.3, -0.25) is 0 Å². The standard InChI is InChI=1S/C16H14N2O4S2/c17-11-16(24(21,22)14-9-5-2-6-10-14)15(18)12-23(19,20)13-7-3-1-4-8-13/h1-10H,12,18H2/b16-15-. The van der Waals surface area contributed by atoms with Crippen LogP contribution in [0.3, 0.4) is 0 Å². The van der Waals surface area contributed by atoms with Gasteiger partial charge in [0.2, 0.25) is 9.84 Å². The molecule has 0 aliphatic carbocycles. The summed E-state index contributed by atoms with van der Waals surface area (Å²) < 4.78 is 49.6. The van der Waals surface area contributed by atoms with Crippen LogP contribution in [0.4, 0.5) is 0 Å². The number of nitrogens with zero attached hydrogens (tertiary/aromatic N) is 1. The molecule has 0 fully saturated rings. The molecule has 2 rings (SSSR count). The van der Waals surface area contributed by atoms with Gasteiger partial charge < -0.3 is 5.73 Å². The lowest BCUT2D eigenvalue weighted by Gasteiger charge is -2.08. The van der Waals surface area contributed by atoms with E-state index in [1.807, 2.05) is 0 Å². The van der Waals surface area contributed by atoms with Crippen molar-refractivity contribution in [1.29, 1.82) is 5.26 Å². The fraction of sp³-hybridized carbons (Fsp3) is 0.0625. The first-order valence-corrected chi connectivity index (χ1v) is 9.89. The highest BCUT2D eigenvalue weighted by atomic mass is 32.2. The van der Waals surface area contributed by atoms with E-state index >= 15 is 0 Å². The Balaban J connectivity index is 2.48. The molecule has 0 aliphatic rings. The maximum absolute atomic E-state index is 12.5. The van der Waals surface area contributed by atoms with Gasteiger partial charge in [-0.2, -0.15) is 5.26 Å². The summed E-state index contributed by atoms with van der Waals surface area (Å²) in [6.07, 6.45) is 0. The first-order chi connectivity index (χ1) is 11.3. The minimum atomic E-state index is -4.18. The molecule has 0 amide bonds. The van der Waals surface area contributed by atoms with Gasteiger partial charge in [0.1, 0.15) is 6.07 Å². The van der Waals surface area contributed by atoms with E-state index in [9.17, 15) is 22.1 Å². The summed E-state index contributed by atoms with van der Waals surface area (Å²) in [5.41, 5.74) is 5.17. The summed E-state index contributed by atoms with van der Waals surface area (Å²) >= 11 is 0. The molecule has 6 nitrogen and oxygen atoms in total. The molecule has 2 N–H and O–H groups in total. The van der Waals surface area contributed by atoms with Gasteiger partial charge in [0.25, 0.3) is 0 Å². The Kier molecular flexibility index (Phi) is 5.07. The average molecular weight is 362 g/mol. The summed E-state index contributed by atoms with van der Waals surface area (Å²) in [6, 6.07) is 16.2. The highest BCUT2D eigenvalue weighted by Gasteiger charge is 2.26. The third-order valence-electron chi connectivity index (χ3n) is 3.16. The zero-order chi connectivity index (χ0) is 17.8. The van der Waals surface area contributed by atoms with E-state index < -0.39 is 36.0 Å². The molecule has 0 spiro atoms. The van der Waals surface area contributed by atoms with Crippen molar-refractivity contribution in [3.8, 4) is 6.07 Å². The second kappa shape index (κ2) is 6.86. The minimum Gasteiger partial charge on any atom is -0.400 e. The van der Waals surface area contributed by atoms with Gasteiger partial charge >= 0.3 is 0 Å². The zero-order valence-corrected chi connectivity index (χ0v) is 14.1. The van der Waals surface area contributed by atoms with Crippen molar-refractivity contribution in [2.45, 2.75) is 9.79 Å². The Morgan fingerprint density at radius 2 is 1.33 bits per heavy atom. The van der Waals surface area contributed by atoms with E-state index in [0.29, 0.717) is 0 Å². The van der Waals surface area contributed by atoms with E-state index in [1.165, 1.54) is 42.5 Å². The molecule has 0 heterocycles. The molecule has 0 bridgehead atoms. The van der Waals surface area contributed by atoms with E-state index in [0.717, 1.165) is 0 Å². The normalized spacial score (nSPS) is 13.0. The van der Waals surface area contributed by atoms with Crippen LogP contribution < -0.4 is 5.73 Å². The second-order valence-corrected chi connectivity index (χ2v) is 8.73. The Hall–Kier alpha value is -2.63. The van der Waals surface area contributed by atoms with Crippen LogP contribution in [0.2, 0.25) is 0 Å². The molecule has 0 atom stereocenters. The fourth-order valence-electron chi connectivity index (χ4n) is 2.00. The summed E-state index contributed by atoms with van der Waals surface area (Å²) in [4.78, 5) is -0.878. The molecule has 2 aromatic carbocycles. The molecule has 24 heavy (non-hydrogen) atoms. The van der Waals surface area contributed by atoms with Crippen LogP contribution in [-0.2, 0) is 19.7 Å². The third kappa shape index (κ3) is 3.64. The first-order valence-electron chi connectivity index (χ1n) is 6.75. The van der Waals surface area contributed by atoms with Crippen LogP contribution in [0.5, 0.6) is 0 Å². The molecule has 0 unspecified atom stereocenters. The van der Waals surface area contributed by atoms with Crippen LogP contribution >= 0.6 is 0 Å². The number of rotatable bonds is 5. The van der Waals surface area contributed by atoms with Crippen molar-refractivity contribution in [3.63, 3.8) is 0 Å². The van der Waals surface area contributed by atoms with Gasteiger partial charge in [-0.15, -0.1) is 0 Å². The van der Waals surface area contributed by atoms with Crippen molar-refractivity contribution < 1.29 is 16.8 Å². The Bertz CT molecular complexity index is 1000. The van der Waals surface area contributed by atoms with Crippen molar-refractivity contribution in [3.05, 3.63) is 71.3 Å². The van der Waals surface area contributed by atoms with E-state index in [4.69, 9.17) is 5.73 Å². The minimum absolute atomic E-state index is 0.00217. The van der Waals surface area contributed by atoms with Gasteiger partial charge in [0.05, 0.1) is 21.2 Å². The SMILES string of the molecule is N#C/C(=C(/N)CS(=O)(=O)c1ccccc1)S(=O)(=O)c1ccccc1. The molecule has 2 aromatic rings. The lowest BCUT2D eigenvalue weighted by Crippen LogP contribution is -2.19. The quantitative estimate of drug-likeness (QED) is 0.808. The molecule has 8 heteroatoms. The third-order valence-corrected chi connectivity index (χ3v) is 6.63. The number of allylic oxidation sites excluding steroid dienone is 1. The number of benzene rings is 2. The Morgan fingerprint density at radius 3 is 1.79 bits per heavy atom. The van der Waals surface area contributed by atoms with Gasteiger partial charge in [-0.25, -0.2) is 16.8 Å². The Morgan fingerprint density at radius 1 is 0.875 bits per heavy atom. The van der Waals surface area contributed by atoms with Crippen molar-refractivity contribution in [1.82, 2.24) is 0 Å². The molecular weight excluding hydrogens is 348 g/mol. The van der Waals surface area contributed by atoms with Crippen molar-refractivity contribution in [2.24, 2.45) is 5.73 Å². The zero-order valence-electron chi connectivity index (χ0n) is 12.5. The van der Waals surface area contributed by atoms with E-state index in [-0.39, 0.29) is 9.79 Å². The van der Waals surface area contributed by atoms with Crippen molar-refractivity contribution >= 4 is 19.7 Å². The highest BCUT2D eigenvalue weighted by molar-refractivity contribution is 7.95.